The van der Waals surface area contributed by atoms with Crippen LogP contribution in [0.3, 0.4) is 0 Å². The first-order valence-electron chi connectivity index (χ1n) is 12.2. The number of hydrogen-bond donors (Lipinski definition) is 0. The molecule has 0 unspecified atom stereocenters. The van der Waals surface area contributed by atoms with Crippen molar-refractivity contribution in [2.45, 2.75) is 13.3 Å². The lowest BCUT2D eigenvalue weighted by Crippen LogP contribution is -2.36. The molecule has 6 rings (SSSR count). The van der Waals surface area contributed by atoms with Crippen LogP contribution in [-0.2, 0) is 0 Å². The number of thiazole rings is 1. The summed E-state index contributed by atoms with van der Waals surface area (Å²) in [6.45, 7) is 6.02. The maximum absolute atomic E-state index is 13.8. The predicted octanol–water partition coefficient (Wildman–Crippen LogP) is 6.12. The fraction of sp³-hybridized carbons (Fsp3) is 0.241. The quantitative estimate of drug-likeness (QED) is 0.354. The van der Waals surface area contributed by atoms with Gasteiger partial charge in [0.05, 0.1) is 21.5 Å². The third-order valence-corrected chi connectivity index (χ3v) is 7.98. The average molecular weight is 481 g/mol. The molecule has 1 saturated heterocycles. The third-order valence-electron chi connectivity index (χ3n) is 6.90. The van der Waals surface area contributed by atoms with Crippen molar-refractivity contribution in [2.24, 2.45) is 0 Å². The number of benzene rings is 3. The fourth-order valence-electron chi connectivity index (χ4n) is 5.07. The van der Waals surface area contributed by atoms with Crippen LogP contribution >= 0.6 is 11.3 Å². The van der Waals surface area contributed by atoms with E-state index in [-0.39, 0.29) is 5.91 Å². The molecule has 6 heteroatoms. The Kier molecular flexibility index (Phi) is 5.74. The Labute approximate surface area is 209 Å². The molecule has 3 aromatic carbocycles. The van der Waals surface area contributed by atoms with Gasteiger partial charge in [0, 0.05) is 38.4 Å². The van der Waals surface area contributed by atoms with Gasteiger partial charge in [-0.15, -0.1) is 0 Å². The summed E-state index contributed by atoms with van der Waals surface area (Å²) in [7, 11) is 0. The van der Waals surface area contributed by atoms with Crippen LogP contribution in [0.15, 0.2) is 72.8 Å². The first-order chi connectivity index (χ1) is 17.2. The van der Waals surface area contributed by atoms with Crippen molar-refractivity contribution in [3.63, 3.8) is 0 Å². The Balaban J connectivity index is 1.24. The van der Waals surface area contributed by atoms with Crippen LogP contribution < -0.4 is 9.80 Å². The minimum Gasteiger partial charge on any atom is -0.346 e. The Bertz CT molecular complexity index is 1430. The molecule has 3 heterocycles. The Hall–Kier alpha value is -3.64. The van der Waals surface area contributed by atoms with Crippen molar-refractivity contribution < 1.29 is 4.79 Å². The van der Waals surface area contributed by atoms with Crippen molar-refractivity contribution in [3.05, 3.63) is 89.5 Å². The van der Waals surface area contributed by atoms with E-state index in [1.807, 2.05) is 23.1 Å². The SMILES string of the molecule is Cc1cccc2sc(N3CCCN(C(=O)c4ccccc4N4CC=Cc5ccccc54)CC3)nc12. The normalized spacial score (nSPS) is 15.9. The van der Waals surface area contributed by atoms with Crippen molar-refractivity contribution in [2.75, 3.05) is 42.5 Å². The lowest BCUT2D eigenvalue weighted by atomic mass is 10.0. The van der Waals surface area contributed by atoms with Crippen molar-refractivity contribution in [1.82, 2.24) is 9.88 Å². The maximum Gasteiger partial charge on any atom is 0.256 e. The summed E-state index contributed by atoms with van der Waals surface area (Å²) in [6, 6.07) is 22.7. The number of hydrogen-bond acceptors (Lipinski definition) is 5. The van der Waals surface area contributed by atoms with Gasteiger partial charge in [-0.2, -0.15) is 0 Å². The zero-order chi connectivity index (χ0) is 23.8. The van der Waals surface area contributed by atoms with Gasteiger partial charge in [0.15, 0.2) is 5.13 Å². The van der Waals surface area contributed by atoms with Crippen LogP contribution in [0, 0.1) is 6.92 Å². The molecule has 0 aliphatic carbocycles. The van der Waals surface area contributed by atoms with Gasteiger partial charge in [-0.25, -0.2) is 4.98 Å². The number of aryl methyl sites for hydroxylation is 1. The first-order valence-corrected chi connectivity index (χ1v) is 13.0. The number of carbonyl (C=O) groups is 1. The molecule has 0 atom stereocenters. The Morgan fingerprint density at radius 2 is 1.71 bits per heavy atom. The number of fused-ring (bicyclic) bond motifs is 2. The van der Waals surface area contributed by atoms with Crippen LogP contribution in [0.5, 0.6) is 0 Å². The Morgan fingerprint density at radius 1 is 0.886 bits per heavy atom. The van der Waals surface area contributed by atoms with E-state index in [1.54, 1.807) is 11.3 Å². The summed E-state index contributed by atoms with van der Waals surface area (Å²) in [5, 5.41) is 1.06. The molecule has 1 fully saturated rings. The molecule has 0 radical (unpaired) electrons. The smallest absolute Gasteiger partial charge is 0.256 e. The van der Waals surface area contributed by atoms with E-state index in [0.29, 0.717) is 6.54 Å². The summed E-state index contributed by atoms with van der Waals surface area (Å²) in [6.07, 6.45) is 5.24. The van der Waals surface area contributed by atoms with Crippen LogP contribution in [0.4, 0.5) is 16.5 Å². The highest BCUT2D eigenvalue weighted by atomic mass is 32.1. The standard InChI is InChI=1S/C29H28N4OS/c1-21-9-6-15-26-27(21)30-29(35-26)32-17-8-16-31(19-20-32)28(34)23-12-3-5-14-25(23)33-18-7-11-22-10-2-4-13-24(22)33/h2-7,9-15H,8,16-20H2,1H3. The molecule has 5 nitrogen and oxygen atoms in total. The fourth-order valence-corrected chi connectivity index (χ4v) is 6.16. The summed E-state index contributed by atoms with van der Waals surface area (Å²) >= 11 is 1.75. The second kappa shape index (κ2) is 9.19. The molecule has 35 heavy (non-hydrogen) atoms. The van der Waals surface area contributed by atoms with E-state index < -0.39 is 0 Å². The van der Waals surface area contributed by atoms with Crippen LogP contribution in [0.2, 0.25) is 0 Å². The van der Waals surface area contributed by atoms with E-state index in [9.17, 15) is 4.79 Å². The molecular weight excluding hydrogens is 452 g/mol. The molecule has 1 aromatic heterocycles. The third kappa shape index (κ3) is 4.08. The van der Waals surface area contributed by atoms with Gasteiger partial charge in [0.2, 0.25) is 0 Å². The Morgan fingerprint density at radius 3 is 2.60 bits per heavy atom. The van der Waals surface area contributed by atoms with Gasteiger partial charge >= 0.3 is 0 Å². The lowest BCUT2D eigenvalue weighted by molar-refractivity contribution is 0.0767. The lowest BCUT2D eigenvalue weighted by Gasteiger charge is -2.31. The van der Waals surface area contributed by atoms with Crippen molar-refractivity contribution in [3.8, 4) is 0 Å². The number of anilines is 3. The summed E-state index contributed by atoms with van der Waals surface area (Å²) < 4.78 is 1.22. The average Bonchev–Trinajstić information content (AvgIpc) is 3.19. The number of aromatic nitrogens is 1. The van der Waals surface area contributed by atoms with Crippen LogP contribution in [-0.4, -0.2) is 48.5 Å². The predicted molar refractivity (Wildman–Crippen MR) is 146 cm³/mol. The van der Waals surface area contributed by atoms with Gasteiger partial charge in [-0.1, -0.05) is 66.0 Å². The molecule has 176 valence electrons. The molecule has 2 aliphatic heterocycles. The topological polar surface area (TPSA) is 39.7 Å². The summed E-state index contributed by atoms with van der Waals surface area (Å²) in [4.78, 5) is 25.3. The van der Waals surface area contributed by atoms with E-state index in [0.717, 1.165) is 60.2 Å². The highest BCUT2D eigenvalue weighted by molar-refractivity contribution is 7.22. The first kappa shape index (κ1) is 21.9. The highest BCUT2D eigenvalue weighted by Crippen LogP contribution is 2.35. The molecule has 0 N–H and O–H groups in total. The molecule has 4 aromatic rings. The highest BCUT2D eigenvalue weighted by Gasteiger charge is 2.26. The van der Waals surface area contributed by atoms with E-state index >= 15 is 0 Å². The molecule has 1 amide bonds. The second-order valence-corrected chi connectivity index (χ2v) is 10.1. The number of rotatable bonds is 3. The zero-order valence-corrected chi connectivity index (χ0v) is 20.7. The number of amides is 1. The number of nitrogens with zero attached hydrogens (tertiary/aromatic N) is 4. The summed E-state index contributed by atoms with van der Waals surface area (Å²) in [5.41, 5.74) is 6.36. The van der Waals surface area contributed by atoms with E-state index in [1.165, 1.54) is 15.8 Å². The van der Waals surface area contributed by atoms with Gasteiger partial charge in [-0.3, -0.25) is 4.79 Å². The number of para-hydroxylation sites is 3. The van der Waals surface area contributed by atoms with Crippen LogP contribution in [0.25, 0.3) is 16.3 Å². The van der Waals surface area contributed by atoms with Gasteiger partial charge in [0.1, 0.15) is 0 Å². The molecule has 2 aliphatic rings. The van der Waals surface area contributed by atoms with Gasteiger partial charge in [0.25, 0.3) is 5.91 Å². The van der Waals surface area contributed by atoms with Gasteiger partial charge < -0.3 is 14.7 Å². The van der Waals surface area contributed by atoms with Crippen molar-refractivity contribution >= 4 is 50.0 Å². The second-order valence-electron chi connectivity index (χ2n) is 9.14. The van der Waals surface area contributed by atoms with E-state index in [2.05, 4.69) is 77.4 Å². The number of carbonyl (C=O) groups excluding carboxylic acids is 1. The monoisotopic (exact) mass is 480 g/mol. The maximum atomic E-state index is 13.8. The summed E-state index contributed by atoms with van der Waals surface area (Å²) in [5.74, 6) is 0.106. The van der Waals surface area contributed by atoms with Crippen LogP contribution in [0.1, 0.15) is 27.9 Å². The minimum absolute atomic E-state index is 0.106. The molecule has 0 bridgehead atoms. The molecule has 0 spiro atoms. The van der Waals surface area contributed by atoms with E-state index in [4.69, 9.17) is 4.98 Å². The largest absolute Gasteiger partial charge is 0.346 e. The zero-order valence-electron chi connectivity index (χ0n) is 19.9. The molecule has 0 saturated carbocycles. The minimum atomic E-state index is 0.106. The van der Waals surface area contributed by atoms with Gasteiger partial charge in [-0.05, 0) is 48.7 Å². The van der Waals surface area contributed by atoms with Crippen molar-refractivity contribution in [1.29, 1.82) is 0 Å². The molecular formula is C29H28N4OS.